The molecule has 0 N–H and O–H groups in total. The van der Waals surface area contributed by atoms with Crippen LogP contribution in [-0.2, 0) is 23.7 Å². The zero-order valence-electron chi connectivity index (χ0n) is 73.1. The number of ether oxygens (including phenoxy) is 5. The van der Waals surface area contributed by atoms with Crippen LogP contribution in [0.4, 0.5) is 0 Å². The summed E-state index contributed by atoms with van der Waals surface area (Å²) >= 11 is 0. The fourth-order valence-electron chi connectivity index (χ4n) is 9.52. The average Bonchev–Trinajstić information content (AvgIpc) is 0.851. The second-order valence-corrected chi connectivity index (χ2v) is 28.6. The average molecular weight is 1540 g/mol. The highest BCUT2D eigenvalue weighted by Gasteiger charge is 2.22. The quantitative estimate of drug-likeness (QED) is 0.0679. The molecule has 0 bridgehead atoms. The van der Waals surface area contributed by atoms with Crippen LogP contribution < -0.4 is 0 Å². The van der Waals surface area contributed by atoms with Crippen molar-refractivity contribution in [1.29, 1.82) is 0 Å². The molecule has 1 unspecified atom stereocenters. The van der Waals surface area contributed by atoms with Crippen molar-refractivity contribution in [3.05, 3.63) is 69.3 Å². The minimum Gasteiger partial charge on any atom is -0.465 e. The van der Waals surface area contributed by atoms with Crippen molar-refractivity contribution in [3.8, 4) is 0 Å². The first-order chi connectivity index (χ1) is 45.5. The zero-order chi connectivity index (χ0) is 77.8. The van der Waals surface area contributed by atoms with Crippen molar-refractivity contribution >= 4 is 17.9 Å². The minimum atomic E-state index is -0.469. The van der Waals surface area contributed by atoms with Crippen LogP contribution >= 0.6 is 0 Å². The standard InChI is InChI=1S/C11H12O4.C11H14O2.C10H20.2C9H20.C8H18.C7H16.2C6H14.C5H12O.C4H10O.C3H8.10CH4/c1-7-4-8(10(12)14-2)6-9(5-7)11(13)15-3;1-7-5-10(11(12)13-4)6-8(2)9(7)3;1-3-9-5-7-10(4-2)8-6-9;2*1-5-9(6-2,7-3)8-4;1-5-8(4,6-2)7-3;1-5-7(3,4)6-2;2*1-4-6(3)5-2;1-4-5(2)6-3;1-3-4-5-2;1-3-2;;;;;;;;;;/h4-6H,1-3H3;5-6H,1-4H3;9-10H,3-8H2,1-2H3;2*5-8H2,1-4H3;5-7H2,1-4H3;5-6H2,1-4H3;2*6H,4-5H2,1-3H3;5H,4H2,1-3H3;3-4H2,1-2H3;3H2,1-2H3;10*1H4. The first-order valence-electron chi connectivity index (χ1n) is 40.0. The van der Waals surface area contributed by atoms with Gasteiger partial charge in [0.25, 0.3) is 0 Å². The smallest absolute Gasteiger partial charge is 0.337 e. The molecule has 2 aromatic rings. The Bertz CT molecular complexity index is 1810. The maximum Gasteiger partial charge on any atom is 0.337 e. The van der Waals surface area contributed by atoms with Gasteiger partial charge in [0, 0.05) is 20.8 Å². The molecule has 107 heavy (non-hydrogen) atoms. The SMILES string of the molecule is C.C.C.C.C.C.C.C.C.C.CCC.CCC(C)(C)CC.CCC(C)(CC)CC.CCC(C)CC.CCC(C)CC.CCC(C)OC.CCC(CC)(CC)CC.CCC(CC)(CC)CC.CCC1CCC(CC)CC1.CCCOC.COC(=O)c1cc(C)c(C)c(C)c1.COC(=O)c1cc(C)cc(C(=O)OC)c1. The third-order valence-electron chi connectivity index (χ3n) is 22.0. The van der Waals surface area contributed by atoms with Crippen molar-refractivity contribution < 1.29 is 38.1 Å². The number of hydrogen-bond acceptors (Lipinski definition) is 8. The molecule has 1 atom stereocenters. The molecular formula is C99H218O8. The van der Waals surface area contributed by atoms with E-state index < -0.39 is 11.9 Å². The monoisotopic (exact) mass is 1540 g/mol. The largest absolute Gasteiger partial charge is 0.465 e. The lowest BCUT2D eigenvalue weighted by Gasteiger charge is -2.28. The van der Waals surface area contributed by atoms with Crippen LogP contribution in [-0.4, -0.2) is 66.2 Å². The van der Waals surface area contributed by atoms with Gasteiger partial charge in [-0.2, -0.15) is 0 Å². The van der Waals surface area contributed by atoms with E-state index in [-0.39, 0.29) is 80.2 Å². The number of benzene rings is 2. The second-order valence-electron chi connectivity index (χ2n) is 28.6. The highest BCUT2D eigenvalue weighted by molar-refractivity contribution is 5.95. The van der Waals surface area contributed by atoms with Gasteiger partial charge in [0.1, 0.15) is 0 Å². The molecule has 0 spiro atoms. The van der Waals surface area contributed by atoms with E-state index in [1.54, 1.807) is 33.3 Å². The lowest BCUT2D eigenvalue weighted by atomic mass is 9.78. The van der Waals surface area contributed by atoms with Gasteiger partial charge >= 0.3 is 17.9 Å². The summed E-state index contributed by atoms with van der Waals surface area (Å²) in [5.41, 5.74) is 8.14. The number of carbonyl (C=O) groups excluding carboxylic acids is 3. The molecular weight excluding hydrogens is 1320 g/mol. The molecule has 0 amide bonds. The second kappa shape index (κ2) is 101. The third kappa shape index (κ3) is 86.6. The van der Waals surface area contributed by atoms with Gasteiger partial charge in [-0.15, -0.1) is 0 Å². The lowest BCUT2D eigenvalue weighted by molar-refractivity contribution is 0.0587. The van der Waals surface area contributed by atoms with Crippen LogP contribution in [0.25, 0.3) is 0 Å². The predicted octanol–water partition coefficient (Wildman–Crippen LogP) is 36.0. The summed E-state index contributed by atoms with van der Waals surface area (Å²) < 4.78 is 23.4. The summed E-state index contributed by atoms with van der Waals surface area (Å²) in [4.78, 5) is 33.7. The summed E-state index contributed by atoms with van der Waals surface area (Å²) in [6, 6.07) is 8.46. The Labute approximate surface area is 684 Å². The first kappa shape index (κ1) is 153. The predicted molar refractivity (Wildman–Crippen MR) is 504 cm³/mol. The molecule has 0 radical (unpaired) electrons. The minimum absolute atomic E-state index is 0. The molecule has 1 aliphatic carbocycles. The van der Waals surface area contributed by atoms with Gasteiger partial charge in [-0.25, -0.2) is 14.4 Å². The fourth-order valence-corrected chi connectivity index (χ4v) is 9.52. The van der Waals surface area contributed by atoms with Crippen molar-refractivity contribution in [1.82, 2.24) is 0 Å². The van der Waals surface area contributed by atoms with Crippen LogP contribution in [0.2, 0.25) is 0 Å². The molecule has 8 heteroatoms. The normalized spacial score (nSPS) is 11.9. The van der Waals surface area contributed by atoms with E-state index in [1.807, 2.05) is 32.9 Å². The van der Waals surface area contributed by atoms with Gasteiger partial charge in [-0.1, -0.05) is 422 Å². The van der Waals surface area contributed by atoms with Crippen LogP contribution in [0.15, 0.2) is 30.3 Å². The number of carbonyl (C=O) groups is 3. The molecule has 0 saturated heterocycles. The Morgan fingerprint density at radius 3 is 0.720 bits per heavy atom. The van der Waals surface area contributed by atoms with Crippen molar-refractivity contribution in [2.24, 2.45) is 45.3 Å². The molecule has 0 aromatic heterocycles. The van der Waals surface area contributed by atoms with Gasteiger partial charge in [0.15, 0.2) is 0 Å². The van der Waals surface area contributed by atoms with Gasteiger partial charge in [0.2, 0.25) is 0 Å². The molecule has 3 rings (SSSR count). The molecule has 2 aromatic carbocycles. The van der Waals surface area contributed by atoms with Crippen LogP contribution in [0.5, 0.6) is 0 Å². The Morgan fingerprint density at radius 1 is 0.374 bits per heavy atom. The summed E-state index contributed by atoms with van der Waals surface area (Å²) in [5, 5.41) is 0. The summed E-state index contributed by atoms with van der Waals surface area (Å²) in [5.74, 6) is 2.81. The Kier molecular flexibility index (Phi) is 144. The van der Waals surface area contributed by atoms with Gasteiger partial charge in [0.05, 0.1) is 44.1 Å². The van der Waals surface area contributed by atoms with Crippen molar-refractivity contribution in [3.63, 3.8) is 0 Å². The van der Waals surface area contributed by atoms with E-state index in [9.17, 15) is 14.4 Å². The molecule has 8 nitrogen and oxygen atoms in total. The maximum absolute atomic E-state index is 11.3. The topological polar surface area (TPSA) is 97.4 Å². The van der Waals surface area contributed by atoms with E-state index in [0.717, 1.165) is 59.8 Å². The van der Waals surface area contributed by atoms with E-state index >= 15 is 0 Å². The molecule has 1 fully saturated rings. The number of hydrogen-bond donors (Lipinski definition) is 0. The van der Waals surface area contributed by atoms with Crippen LogP contribution in [0, 0.1) is 73.0 Å². The van der Waals surface area contributed by atoms with Crippen molar-refractivity contribution in [2.75, 3.05) is 42.2 Å². The number of methoxy groups -OCH3 is 5. The van der Waals surface area contributed by atoms with E-state index in [0.29, 0.717) is 44.5 Å². The third-order valence-corrected chi connectivity index (χ3v) is 22.0. The van der Waals surface area contributed by atoms with Crippen molar-refractivity contribution in [2.45, 2.75) is 476 Å². The summed E-state index contributed by atoms with van der Waals surface area (Å²) in [6.07, 6.45) is 35.4. The lowest BCUT2D eigenvalue weighted by Crippen LogP contribution is -2.15. The highest BCUT2D eigenvalue weighted by atomic mass is 16.5. The van der Waals surface area contributed by atoms with Gasteiger partial charge < -0.3 is 23.7 Å². The Balaban J connectivity index is -0.0000000469. The van der Waals surface area contributed by atoms with Gasteiger partial charge in [-0.05, 0) is 145 Å². The Hall–Kier alpha value is -3.23. The first-order valence-corrected chi connectivity index (χ1v) is 40.0. The van der Waals surface area contributed by atoms with E-state index in [4.69, 9.17) is 9.47 Å². The summed E-state index contributed by atoms with van der Waals surface area (Å²) in [6.45, 7) is 74.0. The van der Waals surface area contributed by atoms with E-state index in [1.165, 1.54) is 187 Å². The molecule has 0 heterocycles. The number of aryl methyl sites for hydroxylation is 3. The molecule has 662 valence electrons. The summed E-state index contributed by atoms with van der Waals surface area (Å²) in [7, 11) is 7.43. The number of rotatable bonds is 26. The zero-order valence-corrected chi connectivity index (χ0v) is 73.1. The van der Waals surface area contributed by atoms with Gasteiger partial charge in [-0.3, -0.25) is 0 Å². The van der Waals surface area contributed by atoms with Crippen LogP contribution in [0.1, 0.15) is 495 Å². The van der Waals surface area contributed by atoms with Crippen LogP contribution in [0.3, 0.4) is 0 Å². The maximum atomic E-state index is 11.3. The molecule has 0 aliphatic heterocycles. The highest BCUT2D eigenvalue weighted by Crippen LogP contribution is 2.35. The molecule has 1 saturated carbocycles. The fraction of sp³-hybridized carbons (Fsp3) is 0.848. The number of esters is 3. The van der Waals surface area contributed by atoms with E-state index in [2.05, 4.69) is 215 Å². The Morgan fingerprint density at radius 2 is 0.617 bits per heavy atom. The molecule has 1 aliphatic rings.